The SMILES string of the molecule is CCCN1CCCCOc2cc(F)cc(c2)CC(C(O)CNCc2cccc(C(F)(F)F)c2)NC(=O)c2cc(cc(-c3ncco3)c2)C1=O. The van der Waals surface area contributed by atoms with Crippen molar-refractivity contribution >= 4 is 11.8 Å². The number of ether oxygens (including phenoxy) is 1. The smallest absolute Gasteiger partial charge is 0.416 e. The molecule has 49 heavy (non-hydrogen) atoms. The minimum absolute atomic E-state index is 0.0114. The van der Waals surface area contributed by atoms with Gasteiger partial charge in [-0.05, 0) is 73.2 Å². The summed E-state index contributed by atoms with van der Waals surface area (Å²) in [6.45, 7) is 3.06. The molecule has 1 aliphatic heterocycles. The number of hydrogen-bond donors (Lipinski definition) is 3. The zero-order valence-corrected chi connectivity index (χ0v) is 26.9. The maximum atomic E-state index is 14.7. The van der Waals surface area contributed by atoms with Crippen molar-refractivity contribution in [2.75, 3.05) is 26.2 Å². The van der Waals surface area contributed by atoms with E-state index in [1.54, 1.807) is 17.0 Å². The molecule has 2 heterocycles. The summed E-state index contributed by atoms with van der Waals surface area (Å²) in [5.41, 5.74) is 0.767. The van der Waals surface area contributed by atoms with Gasteiger partial charge in [-0.2, -0.15) is 13.2 Å². The van der Waals surface area contributed by atoms with Crippen LogP contribution in [-0.4, -0.2) is 65.2 Å². The highest BCUT2D eigenvalue weighted by Gasteiger charge is 2.30. The van der Waals surface area contributed by atoms with E-state index in [2.05, 4.69) is 15.6 Å². The van der Waals surface area contributed by atoms with E-state index in [4.69, 9.17) is 9.15 Å². The Morgan fingerprint density at radius 2 is 1.86 bits per heavy atom. The number of fused-ring (bicyclic) bond motifs is 4. The number of benzene rings is 3. The lowest BCUT2D eigenvalue weighted by Crippen LogP contribution is -2.48. The number of nitrogens with zero attached hydrogens (tertiary/aromatic N) is 2. The molecule has 13 heteroatoms. The number of rotatable bonds is 8. The minimum Gasteiger partial charge on any atom is -0.493 e. The van der Waals surface area contributed by atoms with Crippen molar-refractivity contribution in [2.24, 2.45) is 0 Å². The Morgan fingerprint density at radius 3 is 2.61 bits per heavy atom. The number of aliphatic hydroxyl groups excluding tert-OH is 1. The van der Waals surface area contributed by atoms with Crippen molar-refractivity contribution in [3.63, 3.8) is 0 Å². The molecule has 1 aliphatic rings. The molecular formula is C36H38F4N4O5. The summed E-state index contributed by atoms with van der Waals surface area (Å²) in [4.78, 5) is 33.5. The van der Waals surface area contributed by atoms with Gasteiger partial charge in [0.2, 0.25) is 5.89 Å². The third kappa shape index (κ3) is 9.67. The van der Waals surface area contributed by atoms with Gasteiger partial charge in [0.1, 0.15) is 17.8 Å². The molecule has 5 rings (SSSR count). The van der Waals surface area contributed by atoms with Crippen LogP contribution in [0.1, 0.15) is 63.6 Å². The highest BCUT2D eigenvalue weighted by Crippen LogP contribution is 2.29. The second kappa shape index (κ2) is 16.1. The Hall–Kier alpha value is -4.75. The fourth-order valence-corrected chi connectivity index (χ4v) is 5.71. The van der Waals surface area contributed by atoms with Crippen LogP contribution in [0.4, 0.5) is 17.6 Å². The summed E-state index contributed by atoms with van der Waals surface area (Å²) in [6.07, 6.45) is -1.02. The maximum absolute atomic E-state index is 14.7. The van der Waals surface area contributed by atoms with Gasteiger partial charge in [0.25, 0.3) is 11.8 Å². The molecule has 4 bridgehead atoms. The van der Waals surface area contributed by atoms with E-state index in [1.165, 1.54) is 48.9 Å². The predicted molar refractivity (Wildman–Crippen MR) is 173 cm³/mol. The largest absolute Gasteiger partial charge is 0.493 e. The molecule has 2 amide bonds. The number of amides is 2. The standard InChI is InChI=1S/C36H38F4N4O5/c1-2-9-44-10-3-4-11-48-30-15-24(14-29(37)20-30)16-31(32(45)22-41-21-23-6-5-7-28(13-23)36(38,39)40)43-33(46)25-17-26(34-42-8-12-49-34)19-27(18-25)35(44)47/h5-8,12-15,17-20,31-32,41,45H,2-4,9-11,16,21-22H2,1H3,(H,43,46). The molecule has 260 valence electrons. The van der Waals surface area contributed by atoms with Crippen LogP contribution in [0.2, 0.25) is 0 Å². The van der Waals surface area contributed by atoms with E-state index in [-0.39, 0.29) is 54.8 Å². The zero-order chi connectivity index (χ0) is 35.0. The average Bonchev–Trinajstić information content (AvgIpc) is 3.61. The quantitative estimate of drug-likeness (QED) is 0.195. The summed E-state index contributed by atoms with van der Waals surface area (Å²) in [5.74, 6) is -0.973. The number of halogens is 4. The van der Waals surface area contributed by atoms with E-state index in [0.717, 1.165) is 12.1 Å². The first kappa shape index (κ1) is 35.6. The number of oxazole rings is 1. The van der Waals surface area contributed by atoms with Crippen molar-refractivity contribution in [3.05, 3.63) is 107 Å². The zero-order valence-electron chi connectivity index (χ0n) is 26.9. The van der Waals surface area contributed by atoms with Gasteiger partial charge in [0, 0.05) is 48.9 Å². The molecule has 0 spiro atoms. The Morgan fingerprint density at radius 1 is 1.06 bits per heavy atom. The summed E-state index contributed by atoms with van der Waals surface area (Å²) in [5, 5.41) is 17.1. The van der Waals surface area contributed by atoms with E-state index in [0.29, 0.717) is 49.0 Å². The topological polar surface area (TPSA) is 117 Å². The van der Waals surface area contributed by atoms with Crippen LogP contribution < -0.4 is 15.4 Å². The minimum atomic E-state index is -4.50. The van der Waals surface area contributed by atoms with Crippen LogP contribution in [0, 0.1) is 5.82 Å². The van der Waals surface area contributed by atoms with Crippen molar-refractivity contribution < 1.29 is 41.4 Å². The molecule has 1 aromatic heterocycles. The lowest BCUT2D eigenvalue weighted by Gasteiger charge is -2.25. The first-order chi connectivity index (χ1) is 23.5. The second-order valence-corrected chi connectivity index (χ2v) is 12.0. The van der Waals surface area contributed by atoms with Gasteiger partial charge >= 0.3 is 6.18 Å². The van der Waals surface area contributed by atoms with Crippen LogP contribution in [0.3, 0.4) is 0 Å². The van der Waals surface area contributed by atoms with Gasteiger partial charge in [-0.3, -0.25) is 9.59 Å². The molecule has 9 nitrogen and oxygen atoms in total. The summed E-state index contributed by atoms with van der Waals surface area (Å²) in [6, 6.07) is 12.6. The molecule has 0 radical (unpaired) electrons. The molecule has 0 saturated carbocycles. The van der Waals surface area contributed by atoms with E-state index in [1.807, 2.05) is 6.92 Å². The summed E-state index contributed by atoms with van der Waals surface area (Å²) >= 11 is 0. The Balaban J connectivity index is 1.46. The predicted octanol–water partition coefficient (Wildman–Crippen LogP) is 6.02. The first-order valence-corrected chi connectivity index (χ1v) is 16.1. The molecule has 3 aromatic carbocycles. The Kier molecular flexibility index (Phi) is 11.7. The van der Waals surface area contributed by atoms with Gasteiger partial charge in [-0.15, -0.1) is 0 Å². The number of aromatic nitrogens is 1. The van der Waals surface area contributed by atoms with Gasteiger partial charge in [0.05, 0.1) is 30.5 Å². The summed E-state index contributed by atoms with van der Waals surface area (Å²) < 4.78 is 65.6. The Bertz CT molecular complexity index is 1730. The molecule has 0 aliphatic carbocycles. The van der Waals surface area contributed by atoms with Gasteiger partial charge < -0.3 is 29.8 Å². The van der Waals surface area contributed by atoms with Crippen molar-refractivity contribution in [1.82, 2.24) is 20.5 Å². The lowest BCUT2D eigenvalue weighted by atomic mass is 9.99. The van der Waals surface area contributed by atoms with Crippen molar-refractivity contribution in [1.29, 1.82) is 0 Å². The third-order valence-electron chi connectivity index (χ3n) is 8.10. The number of aliphatic hydroxyl groups is 1. The first-order valence-electron chi connectivity index (χ1n) is 16.1. The van der Waals surface area contributed by atoms with Crippen molar-refractivity contribution in [2.45, 2.75) is 57.5 Å². The van der Waals surface area contributed by atoms with Crippen LogP contribution in [-0.2, 0) is 19.1 Å². The fraction of sp³-hybridized carbons (Fsp3) is 0.361. The Labute approximate surface area is 281 Å². The number of carbonyl (C=O) groups excluding carboxylic acids is 2. The third-order valence-corrected chi connectivity index (χ3v) is 8.10. The van der Waals surface area contributed by atoms with Gasteiger partial charge in [-0.25, -0.2) is 9.37 Å². The monoisotopic (exact) mass is 682 g/mol. The number of hydrogen-bond acceptors (Lipinski definition) is 7. The van der Waals surface area contributed by atoms with E-state index in [9.17, 15) is 32.3 Å². The van der Waals surface area contributed by atoms with Gasteiger partial charge in [-0.1, -0.05) is 25.1 Å². The number of alkyl halides is 3. The highest BCUT2D eigenvalue weighted by atomic mass is 19.4. The van der Waals surface area contributed by atoms with E-state index < -0.39 is 35.6 Å². The van der Waals surface area contributed by atoms with Crippen LogP contribution in [0.5, 0.6) is 5.75 Å². The molecule has 3 N–H and O–H groups in total. The van der Waals surface area contributed by atoms with Crippen LogP contribution in [0.15, 0.2) is 77.5 Å². The average molecular weight is 683 g/mol. The number of carbonyl (C=O) groups is 2. The molecule has 2 atom stereocenters. The van der Waals surface area contributed by atoms with Crippen LogP contribution >= 0.6 is 0 Å². The lowest BCUT2D eigenvalue weighted by molar-refractivity contribution is -0.137. The van der Waals surface area contributed by atoms with Gasteiger partial charge in [0.15, 0.2) is 0 Å². The van der Waals surface area contributed by atoms with E-state index >= 15 is 0 Å². The van der Waals surface area contributed by atoms with Crippen molar-refractivity contribution in [3.8, 4) is 17.2 Å². The molecule has 0 fully saturated rings. The molecular weight excluding hydrogens is 644 g/mol. The summed E-state index contributed by atoms with van der Waals surface area (Å²) in [7, 11) is 0. The normalized spacial score (nSPS) is 16.9. The second-order valence-electron chi connectivity index (χ2n) is 12.0. The fourth-order valence-electron chi connectivity index (χ4n) is 5.71. The highest BCUT2D eigenvalue weighted by molar-refractivity contribution is 6.01. The molecule has 0 saturated heterocycles. The molecule has 2 unspecified atom stereocenters. The maximum Gasteiger partial charge on any atom is 0.416 e. The van der Waals surface area contributed by atoms with Crippen LogP contribution in [0.25, 0.3) is 11.5 Å². The number of nitrogens with one attached hydrogen (secondary N) is 2. The molecule has 4 aromatic rings.